The standard InChI is InChI=1S/C19H16N2O5S/c22-11-12-2-1-3-13(6-12)14-4-5-15-9-18(23)17(8-16(15)7-14)21-10-19(24)20-27(21,25)26/h1-9,22-23H,10-11H2,(H,20,24). The molecule has 0 bridgehead atoms. The summed E-state index contributed by atoms with van der Waals surface area (Å²) in [6.45, 7) is -0.438. The van der Waals surface area contributed by atoms with E-state index in [-0.39, 0.29) is 24.6 Å². The van der Waals surface area contributed by atoms with Crippen molar-refractivity contribution >= 4 is 32.6 Å². The van der Waals surface area contributed by atoms with E-state index in [0.29, 0.717) is 5.39 Å². The molecule has 0 aliphatic carbocycles. The third-order valence-corrected chi connectivity index (χ3v) is 5.86. The molecule has 3 N–H and O–H groups in total. The molecule has 1 aliphatic heterocycles. The molecule has 138 valence electrons. The van der Waals surface area contributed by atoms with Gasteiger partial charge >= 0.3 is 10.2 Å². The molecule has 27 heavy (non-hydrogen) atoms. The lowest BCUT2D eigenvalue weighted by molar-refractivity contribution is -0.117. The summed E-state index contributed by atoms with van der Waals surface area (Å²) < 4.78 is 26.9. The van der Waals surface area contributed by atoms with Gasteiger partial charge < -0.3 is 10.2 Å². The van der Waals surface area contributed by atoms with Crippen molar-refractivity contribution in [2.24, 2.45) is 0 Å². The number of carbonyl (C=O) groups is 1. The minimum absolute atomic E-state index is 0.0436. The van der Waals surface area contributed by atoms with Gasteiger partial charge in [-0.2, -0.15) is 8.42 Å². The largest absolute Gasteiger partial charge is 0.506 e. The van der Waals surface area contributed by atoms with Crippen molar-refractivity contribution < 1.29 is 23.4 Å². The summed E-state index contributed by atoms with van der Waals surface area (Å²) in [4.78, 5) is 11.5. The van der Waals surface area contributed by atoms with E-state index in [0.717, 1.165) is 26.4 Å². The molecule has 8 heteroatoms. The van der Waals surface area contributed by atoms with Crippen LogP contribution < -0.4 is 9.03 Å². The zero-order valence-corrected chi connectivity index (χ0v) is 14.9. The topological polar surface area (TPSA) is 107 Å². The average Bonchev–Trinajstić information content (AvgIpc) is 2.92. The van der Waals surface area contributed by atoms with Gasteiger partial charge in [-0.1, -0.05) is 30.3 Å². The number of aliphatic hydroxyl groups excluding tert-OH is 1. The van der Waals surface area contributed by atoms with Crippen LogP contribution in [-0.2, 0) is 21.6 Å². The maximum atomic E-state index is 12.1. The molecule has 3 aromatic rings. The maximum absolute atomic E-state index is 12.1. The number of nitrogens with one attached hydrogen (secondary N) is 1. The van der Waals surface area contributed by atoms with Crippen LogP contribution in [0.1, 0.15) is 5.56 Å². The van der Waals surface area contributed by atoms with Gasteiger partial charge in [0.15, 0.2) is 0 Å². The molecule has 0 radical (unpaired) electrons. The van der Waals surface area contributed by atoms with E-state index in [1.54, 1.807) is 6.07 Å². The number of hydrogen-bond donors (Lipinski definition) is 3. The number of phenolic OH excluding ortho intramolecular Hbond substituents is 1. The lowest BCUT2D eigenvalue weighted by atomic mass is 9.99. The number of hydrogen-bond acceptors (Lipinski definition) is 5. The highest BCUT2D eigenvalue weighted by Crippen LogP contribution is 2.36. The van der Waals surface area contributed by atoms with Gasteiger partial charge in [-0.15, -0.1) is 0 Å². The molecule has 0 unspecified atom stereocenters. The second kappa shape index (κ2) is 6.26. The molecular formula is C19H16N2O5S. The molecule has 1 amide bonds. The fourth-order valence-corrected chi connectivity index (χ4v) is 4.32. The number of aromatic hydroxyl groups is 1. The molecule has 4 rings (SSSR count). The summed E-state index contributed by atoms with van der Waals surface area (Å²) in [7, 11) is -4.01. The zero-order chi connectivity index (χ0) is 19.2. The number of anilines is 1. The highest BCUT2D eigenvalue weighted by atomic mass is 32.2. The number of phenols is 1. The molecule has 1 heterocycles. The molecule has 1 saturated heterocycles. The average molecular weight is 384 g/mol. The van der Waals surface area contributed by atoms with Crippen molar-refractivity contribution in [2.45, 2.75) is 6.61 Å². The van der Waals surface area contributed by atoms with E-state index < -0.39 is 16.1 Å². The molecular weight excluding hydrogens is 368 g/mol. The quantitative estimate of drug-likeness (QED) is 0.639. The Balaban J connectivity index is 1.84. The van der Waals surface area contributed by atoms with Gasteiger partial charge in [0.05, 0.1) is 12.3 Å². The number of nitrogens with zero attached hydrogens (tertiary/aromatic N) is 1. The van der Waals surface area contributed by atoms with Crippen molar-refractivity contribution in [2.75, 3.05) is 10.8 Å². The van der Waals surface area contributed by atoms with Gasteiger partial charge in [0.25, 0.3) is 5.91 Å². The summed E-state index contributed by atoms with van der Waals surface area (Å²) in [5, 5.41) is 21.0. The van der Waals surface area contributed by atoms with E-state index >= 15 is 0 Å². The first-order valence-corrected chi connectivity index (χ1v) is 9.62. The molecule has 7 nitrogen and oxygen atoms in total. The number of rotatable bonds is 3. The van der Waals surface area contributed by atoms with Crippen LogP contribution in [0.3, 0.4) is 0 Å². The van der Waals surface area contributed by atoms with Gasteiger partial charge in [-0.05, 0) is 51.7 Å². The fraction of sp³-hybridized carbons (Fsp3) is 0.105. The van der Waals surface area contributed by atoms with E-state index in [2.05, 4.69) is 0 Å². The predicted octanol–water partition coefficient (Wildman–Crippen LogP) is 1.89. The lowest BCUT2D eigenvalue weighted by Crippen LogP contribution is -2.29. The van der Waals surface area contributed by atoms with Crippen molar-refractivity contribution in [3.63, 3.8) is 0 Å². The first-order chi connectivity index (χ1) is 12.9. The number of carbonyl (C=O) groups excluding carboxylic acids is 1. The van der Waals surface area contributed by atoms with Crippen LogP contribution in [-0.4, -0.2) is 31.1 Å². The Hall–Kier alpha value is -3.10. The Kier molecular flexibility index (Phi) is 4.01. The lowest BCUT2D eigenvalue weighted by Gasteiger charge is -2.17. The third-order valence-electron chi connectivity index (χ3n) is 4.47. The zero-order valence-electron chi connectivity index (χ0n) is 14.1. The van der Waals surface area contributed by atoms with Crippen LogP contribution in [0.2, 0.25) is 0 Å². The maximum Gasteiger partial charge on any atom is 0.326 e. The smallest absolute Gasteiger partial charge is 0.326 e. The molecule has 1 fully saturated rings. The summed E-state index contributed by atoms with van der Waals surface area (Å²) in [5.41, 5.74) is 2.62. The number of fused-ring (bicyclic) bond motifs is 1. The van der Waals surface area contributed by atoms with Gasteiger partial charge in [-0.3, -0.25) is 4.79 Å². The Morgan fingerprint density at radius 3 is 2.48 bits per heavy atom. The minimum Gasteiger partial charge on any atom is -0.506 e. The molecule has 0 spiro atoms. The predicted molar refractivity (Wildman–Crippen MR) is 101 cm³/mol. The molecule has 0 atom stereocenters. The first kappa shape index (κ1) is 17.3. The molecule has 0 aromatic heterocycles. The Morgan fingerprint density at radius 2 is 1.78 bits per heavy atom. The van der Waals surface area contributed by atoms with Crippen LogP contribution in [0.4, 0.5) is 5.69 Å². The molecule has 1 aliphatic rings. The number of amides is 1. The van der Waals surface area contributed by atoms with Gasteiger partial charge in [-0.25, -0.2) is 9.03 Å². The SMILES string of the molecule is O=C1CN(c2cc3cc(-c4cccc(CO)c4)ccc3cc2O)S(=O)(=O)N1. The van der Waals surface area contributed by atoms with Crippen molar-refractivity contribution in [1.29, 1.82) is 0 Å². The Labute approximate surface area is 155 Å². The number of benzene rings is 3. The van der Waals surface area contributed by atoms with Gasteiger partial charge in [0, 0.05) is 0 Å². The fourth-order valence-electron chi connectivity index (χ4n) is 3.16. The van der Waals surface area contributed by atoms with Crippen LogP contribution >= 0.6 is 0 Å². The second-order valence-corrected chi connectivity index (χ2v) is 7.89. The van der Waals surface area contributed by atoms with Crippen LogP contribution in [0.25, 0.3) is 21.9 Å². The summed E-state index contributed by atoms with van der Waals surface area (Å²) in [5.74, 6) is -0.873. The van der Waals surface area contributed by atoms with Crippen LogP contribution in [0.15, 0.2) is 54.6 Å². The van der Waals surface area contributed by atoms with E-state index in [9.17, 15) is 23.4 Å². The summed E-state index contributed by atoms with van der Waals surface area (Å²) >= 11 is 0. The van der Waals surface area contributed by atoms with E-state index in [1.807, 2.05) is 47.2 Å². The summed E-state index contributed by atoms with van der Waals surface area (Å²) in [6.07, 6.45) is 0. The Morgan fingerprint density at radius 1 is 1.00 bits per heavy atom. The van der Waals surface area contributed by atoms with Gasteiger partial charge in [0.1, 0.15) is 12.3 Å². The number of aliphatic hydroxyl groups is 1. The summed E-state index contributed by atoms with van der Waals surface area (Å²) in [6, 6.07) is 16.0. The van der Waals surface area contributed by atoms with Crippen molar-refractivity contribution in [3.8, 4) is 16.9 Å². The monoisotopic (exact) mass is 384 g/mol. The second-order valence-electron chi connectivity index (χ2n) is 6.30. The Bertz CT molecular complexity index is 1170. The molecule has 3 aromatic carbocycles. The van der Waals surface area contributed by atoms with Gasteiger partial charge in [0.2, 0.25) is 0 Å². The molecule has 0 saturated carbocycles. The first-order valence-electron chi connectivity index (χ1n) is 8.18. The highest BCUT2D eigenvalue weighted by molar-refractivity contribution is 7.92. The van der Waals surface area contributed by atoms with Crippen molar-refractivity contribution in [3.05, 3.63) is 60.2 Å². The van der Waals surface area contributed by atoms with E-state index in [4.69, 9.17) is 0 Å². The normalized spacial score (nSPS) is 15.9. The minimum atomic E-state index is -4.01. The highest BCUT2D eigenvalue weighted by Gasteiger charge is 2.35. The van der Waals surface area contributed by atoms with Crippen LogP contribution in [0.5, 0.6) is 5.75 Å². The van der Waals surface area contributed by atoms with E-state index in [1.165, 1.54) is 6.07 Å². The van der Waals surface area contributed by atoms with Crippen molar-refractivity contribution in [1.82, 2.24) is 4.72 Å². The van der Waals surface area contributed by atoms with Crippen LogP contribution in [0, 0.1) is 0 Å². The third kappa shape index (κ3) is 3.09.